The van der Waals surface area contributed by atoms with Crippen LogP contribution in [0.5, 0.6) is 5.75 Å². The first kappa shape index (κ1) is 20.0. The van der Waals surface area contributed by atoms with Gasteiger partial charge in [-0.15, -0.1) is 0 Å². The molecule has 0 bridgehead atoms. The first-order chi connectivity index (χ1) is 13.6. The fraction of sp³-hybridized carbons (Fsp3) is 0.333. The number of anilines is 2. The van der Waals surface area contributed by atoms with Crippen molar-refractivity contribution in [3.8, 4) is 5.75 Å². The van der Waals surface area contributed by atoms with Crippen molar-refractivity contribution in [3.63, 3.8) is 0 Å². The Morgan fingerprint density at radius 2 is 1.79 bits per heavy atom. The minimum atomic E-state index is -0.759. The molecule has 1 aliphatic rings. The standard InChI is InChI=1S/C21H24ClN3O3/c1-28-19-9-6-16(22)14-18(19)24-21(27)20(26)23-11-10-15-4-7-17(8-5-15)25-12-2-3-13-25/h4-9,14H,2-3,10-13H2,1H3,(H,23,26)(H,24,27). The average Bonchev–Trinajstić information content (AvgIpc) is 3.23. The Morgan fingerprint density at radius 3 is 2.46 bits per heavy atom. The van der Waals surface area contributed by atoms with Crippen molar-refractivity contribution in [2.45, 2.75) is 19.3 Å². The van der Waals surface area contributed by atoms with Gasteiger partial charge in [-0.25, -0.2) is 0 Å². The Hall–Kier alpha value is -2.73. The molecule has 6 nitrogen and oxygen atoms in total. The van der Waals surface area contributed by atoms with Gasteiger partial charge in [-0.2, -0.15) is 0 Å². The van der Waals surface area contributed by atoms with E-state index in [0.717, 1.165) is 18.7 Å². The topological polar surface area (TPSA) is 70.7 Å². The second-order valence-electron chi connectivity index (χ2n) is 6.67. The lowest BCUT2D eigenvalue weighted by Crippen LogP contribution is -2.36. The largest absolute Gasteiger partial charge is 0.495 e. The van der Waals surface area contributed by atoms with Crippen LogP contribution >= 0.6 is 11.6 Å². The lowest BCUT2D eigenvalue weighted by molar-refractivity contribution is -0.136. The molecule has 7 heteroatoms. The van der Waals surface area contributed by atoms with Crippen LogP contribution in [0.1, 0.15) is 18.4 Å². The van der Waals surface area contributed by atoms with Gasteiger partial charge in [0.2, 0.25) is 0 Å². The predicted molar refractivity (Wildman–Crippen MR) is 111 cm³/mol. The maximum Gasteiger partial charge on any atom is 0.313 e. The number of amides is 2. The van der Waals surface area contributed by atoms with Crippen LogP contribution in [0.2, 0.25) is 5.02 Å². The van der Waals surface area contributed by atoms with Gasteiger partial charge in [0.1, 0.15) is 5.75 Å². The van der Waals surface area contributed by atoms with Gasteiger partial charge in [0, 0.05) is 30.3 Å². The summed E-state index contributed by atoms with van der Waals surface area (Å²) in [4.78, 5) is 26.5. The second-order valence-corrected chi connectivity index (χ2v) is 7.10. The van der Waals surface area contributed by atoms with Crippen molar-refractivity contribution in [1.82, 2.24) is 5.32 Å². The van der Waals surface area contributed by atoms with Crippen LogP contribution in [0, 0.1) is 0 Å². The molecular formula is C21H24ClN3O3. The third-order valence-corrected chi connectivity index (χ3v) is 4.96. The molecule has 0 aromatic heterocycles. The predicted octanol–water partition coefficient (Wildman–Crippen LogP) is 3.25. The van der Waals surface area contributed by atoms with Crippen LogP contribution in [0.3, 0.4) is 0 Å². The van der Waals surface area contributed by atoms with Crippen LogP contribution in [-0.2, 0) is 16.0 Å². The highest BCUT2D eigenvalue weighted by molar-refractivity contribution is 6.40. The minimum Gasteiger partial charge on any atom is -0.495 e. The number of methoxy groups -OCH3 is 1. The molecule has 2 amide bonds. The van der Waals surface area contributed by atoms with E-state index < -0.39 is 11.8 Å². The lowest BCUT2D eigenvalue weighted by Gasteiger charge is -2.17. The highest BCUT2D eigenvalue weighted by Gasteiger charge is 2.16. The molecular weight excluding hydrogens is 378 g/mol. The van der Waals surface area contributed by atoms with Crippen LogP contribution < -0.4 is 20.3 Å². The smallest absolute Gasteiger partial charge is 0.313 e. The van der Waals surface area contributed by atoms with Gasteiger partial charge in [-0.05, 0) is 55.2 Å². The summed E-state index contributed by atoms with van der Waals surface area (Å²) in [6, 6.07) is 13.2. The van der Waals surface area contributed by atoms with Crippen molar-refractivity contribution in [2.24, 2.45) is 0 Å². The highest BCUT2D eigenvalue weighted by Crippen LogP contribution is 2.27. The Kier molecular flexibility index (Phi) is 6.76. The van der Waals surface area contributed by atoms with Gasteiger partial charge in [0.15, 0.2) is 0 Å². The number of nitrogens with one attached hydrogen (secondary N) is 2. The van der Waals surface area contributed by atoms with Gasteiger partial charge >= 0.3 is 11.8 Å². The number of nitrogens with zero attached hydrogens (tertiary/aromatic N) is 1. The number of hydrogen-bond acceptors (Lipinski definition) is 4. The zero-order valence-electron chi connectivity index (χ0n) is 15.8. The van der Waals surface area contributed by atoms with E-state index in [2.05, 4.69) is 39.8 Å². The summed E-state index contributed by atoms with van der Waals surface area (Å²) < 4.78 is 5.16. The van der Waals surface area contributed by atoms with Gasteiger partial charge in [0.05, 0.1) is 12.8 Å². The number of carbonyl (C=O) groups is 2. The van der Waals surface area contributed by atoms with E-state index >= 15 is 0 Å². The van der Waals surface area contributed by atoms with Crippen LogP contribution in [0.15, 0.2) is 42.5 Å². The Bertz CT molecular complexity index is 833. The van der Waals surface area contributed by atoms with Crippen molar-refractivity contribution >= 4 is 34.8 Å². The van der Waals surface area contributed by atoms with E-state index in [1.165, 1.54) is 31.7 Å². The first-order valence-corrected chi connectivity index (χ1v) is 9.71. The molecule has 2 aromatic carbocycles. The van der Waals surface area contributed by atoms with Crippen molar-refractivity contribution in [3.05, 3.63) is 53.1 Å². The number of ether oxygens (including phenoxy) is 1. The number of carbonyl (C=O) groups excluding carboxylic acids is 2. The van der Waals surface area contributed by atoms with Crippen molar-refractivity contribution < 1.29 is 14.3 Å². The summed E-state index contributed by atoms with van der Waals surface area (Å²) in [5.74, 6) is -1.02. The third kappa shape index (κ3) is 5.16. The van der Waals surface area contributed by atoms with Crippen molar-refractivity contribution in [1.29, 1.82) is 0 Å². The van der Waals surface area contributed by atoms with Gasteiger partial charge in [-0.3, -0.25) is 9.59 Å². The third-order valence-electron chi connectivity index (χ3n) is 4.72. The summed E-state index contributed by atoms with van der Waals surface area (Å²) >= 11 is 5.93. The minimum absolute atomic E-state index is 0.354. The van der Waals surface area contributed by atoms with E-state index in [0.29, 0.717) is 29.4 Å². The summed E-state index contributed by atoms with van der Waals surface area (Å²) in [6.07, 6.45) is 3.15. The first-order valence-electron chi connectivity index (χ1n) is 9.33. The zero-order chi connectivity index (χ0) is 19.9. The quantitative estimate of drug-likeness (QED) is 0.729. The average molecular weight is 402 g/mol. The summed E-state index contributed by atoms with van der Waals surface area (Å²) in [5.41, 5.74) is 2.70. The molecule has 1 heterocycles. The van der Waals surface area contributed by atoms with E-state index in [9.17, 15) is 9.59 Å². The van der Waals surface area contributed by atoms with E-state index in [4.69, 9.17) is 16.3 Å². The van der Waals surface area contributed by atoms with E-state index in [1.807, 2.05) is 0 Å². The monoisotopic (exact) mass is 401 g/mol. The Labute approximate surface area is 169 Å². The van der Waals surface area contributed by atoms with Crippen LogP contribution in [0.4, 0.5) is 11.4 Å². The van der Waals surface area contributed by atoms with Gasteiger partial charge < -0.3 is 20.3 Å². The molecule has 28 heavy (non-hydrogen) atoms. The molecule has 0 atom stereocenters. The summed E-state index contributed by atoms with van der Waals surface area (Å²) in [7, 11) is 1.48. The molecule has 0 saturated carbocycles. The molecule has 0 unspecified atom stereocenters. The van der Waals surface area contributed by atoms with Gasteiger partial charge in [-0.1, -0.05) is 23.7 Å². The summed E-state index contributed by atoms with van der Waals surface area (Å²) in [6.45, 7) is 2.60. The van der Waals surface area contributed by atoms with Gasteiger partial charge in [0.25, 0.3) is 0 Å². The van der Waals surface area contributed by atoms with Crippen LogP contribution in [0.25, 0.3) is 0 Å². The molecule has 0 spiro atoms. The lowest BCUT2D eigenvalue weighted by atomic mass is 10.1. The zero-order valence-corrected chi connectivity index (χ0v) is 16.6. The molecule has 2 N–H and O–H groups in total. The highest BCUT2D eigenvalue weighted by atomic mass is 35.5. The number of hydrogen-bond donors (Lipinski definition) is 2. The molecule has 2 aromatic rings. The van der Waals surface area contributed by atoms with E-state index in [-0.39, 0.29) is 0 Å². The number of rotatable bonds is 6. The maximum absolute atomic E-state index is 12.1. The fourth-order valence-corrected chi connectivity index (χ4v) is 3.38. The van der Waals surface area contributed by atoms with Crippen LogP contribution in [-0.4, -0.2) is 38.6 Å². The Balaban J connectivity index is 1.47. The molecule has 148 valence electrons. The SMILES string of the molecule is COc1ccc(Cl)cc1NC(=O)C(=O)NCCc1ccc(N2CCCC2)cc1. The van der Waals surface area contributed by atoms with Crippen molar-refractivity contribution in [2.75, 3.05) is 37.0 Å². The van der Waals surface area contributed by atoms with E-state index in [1.54, 1.807) is 12.1 Å². The molecule has 1 fully saturated rings. The number of benzene rings is 2. The summed E-state index contributed by atoms with van der Waals surface area (Å²) in [5, 5.41) is 5.60. The fourth-order valence-electron chi connectivity index (χ4n) is 3.21. The molecule has 1 aliphatic heterocycles. The Morgan fingerprint density at radius 1 is 1.07 bits per heavy atom. The molecule has 0 radical (unpaired) electrons. The maximum atomic E-state index is 12.1. The number of halogens is 1. The molecule has 0 aliphatic carbocycles. The molecule has 1 saturated heterocycles. The molecule has 3 rings (SSSR count). The normalized spacial score (nSPS) is 13.3. The second kappa shape index (κ2) is 9.46.